The van der Waals surface area contributed by atoms with Crippen LogP contribution in [0.4, 0.5) is 0 Å². The Morgan fingerprint density at radius 3 is 2.79 bits per heavy atom. The largest absolute Gasteiger partial charge is 0.470 e. The van der Waals surface area contributed by atoms with Gasteiger partial charge in [0.2, 0.25) is 0 Å². The third-order valence-corrected chi connectivity index (χ3v) is 5.12. The average Bonchev–Trinajstić information content (AvgIpc) is 3.28. The van der Waals surface area contributed by atoms with E-state index in [4.69, 9.17) is 16.3 Å². The van der Waals surface area contributed by atoms with E-state index in [0.29, 0.717) is 23.0 Å². The van der Waals surface area contributed by atoms with Gasteiger partial charge in [0.25, 0.3) is 5.91 Å². The van der Waals surface area contributed by atoms with Gasteiger partial charge in [-0.05, 0) is 53.5 Å². The van der Waals surface area contributed by atoms with Crippen LogP contribution in [0.2, 0.25) is 5.02 Å². The molecule has 0 aliphatic carbocycles. The van der Waals surface area contributed by atoms with Gasteiger partial charge in [0, 0.05) is 26.0 Å². The third kappa shape index (κ3) is 4.74. The van der Waals surface area contributed by atoms with Gasteiger partial charge < -0.3 is 9.64 Å². The van der Waals surface area contributed by atoms with Gasteiger partial charge in [-0.15, -0.1) is 0 Å². The Hall–Kier alpha value is -2.32. The molecule has 3 rings (SSSR count). The number of rotatable bonds is 7. The summed E-state index contributed by atoms with van der Waals surface area (Å²) in [6.07, 6.45) is 3.60. The summed E-state index contributed by atoms with van der Waals surface area (Å²) in [5.74, 6) is 0.392. The minimum Gasteiger partial charge on any atom is -0.470 e. The molecule has 148 valence electrons. The molecule has 0 spiro atoms. The minimum atomic E-state index is -0.190. The number of hydrogen-bond acceptors (Lipinski definition) is 4. The fraction of sp³-hybridized carbons (Fsp3) is 0.316. The van der Waals surface area contributed by atoms with E-state index in [2.05, 4.69) is 26.1 Å². The maximum absolute atomic E-state index is 12.7. The van der Waals surface area contributed by atoms with Gasteiger partial charge in [0.1, 0.15) is 5.75 Å². The minimum absolute atomic E-state index is 0.159. The van der Waals surface area contributed by atoms with Crippen molar-refractivity contribution in [3.8, 4) is 5.75 Å². The topological polar surface area (TPSA) is 65.2 Å². The molecule has 1 aromatic carbocycles. The molecule has 0 saturated carbocycles. The first-order valence-corrected chi connectivity index (χ1v) is 9.94. The molecule has 0 unspecified atom stereocenters. The first-order valence-electron chi connectivity index (χ1n) is 8.77. The average molecular weight is 467 g/mol. The highest BCUT2D eigenvalue weighted by Crippen LogP contribution is 2.25. The summed E-state index contributed by atoms with van der Waals surface area (Å²) in [6.45, 7) is 5.29. The summed E-state index contributed by atoms with van der Waals surface area (Å²) in [6, 6.07) is 7.23. The quantitative estimate of drug-likeness (QED) is 0.525. The molecule has 0 bridgehead atoms. The lowest BCUT2D eigenvalue weighted by Crippen LogP contribution is -2.27. The van der Waals surface area contributed by atoms with Crippen molar-refractivity contribution in [1.29, 1.82) is 0 Å². The number of aromatic nitrogens is 4. The van der Waals surface area contributed by atoms with E-state index in [0.717, 1.165) is 22.3 Å². The van der Waals surface area contributed by atoms with Crippen molar-refractivity contribution in [1.82, 2.24) is 24.5 Å². The maximum atomic E-state index is 12.7. The lowest BCUT2D eigenvalue weighted by Gasteiger charge is -2.14. The molecule has 1 amide bonds. The highest BCUT2D eigenvalue weighted by atomic mass is 79.9. The van der Waals surface area contributed by atoms with E-state index < -0.39 is 0 Å². The summed E-state index contributed by atoms with van der Waals surface area (Å²) >= 11 is 9.62. The smallest absolute Gasteiger partial charge is 0.274 e. The second-order valence-electron chi connectivity index (χ2n) is 6.39. The Balaban J connectivity index is 1.62. The van der Waals surface area contributed by atoms with Gasteiger partial charge in [-0.1, -0.05) is 17.7 Å². The SMILES string of the molecule is CCn1cc(Br)c(CN(C)C(=O)c2ccn(COc3cc(C)ccc3Cl)n2)n1. The van der Waals surface area contributed by atoms with Crippen molar-refractivity contribution >= 4 is 33.4 Å². The van der Waals surface area contributed by atoms with E-state index >= 15 is 0 Å². The molecule has 0 aliphatic rings. The molecule has 0 N–H and O–H groups in total. The molecule has 0 saturated heterocycles. The van der Waals surface area contributed by atoms with Crippen molar-refractivity contribution in [3.63, 3.8) is 0 Å². The predicted octanol–water partition coefficient (Wildman–Crippen LogP) is 4.13. The van der Waals surface area contributed by atoms with Crippen molar-refractivity contribution in [2.24, 2.45) is 0 Å². The third-order valence-electron chi connectivity index (χ3n) is 4.14. The van der Waals surface area contributed by atoms with E-state index in [1.807, 2.05) is 36.9 Å². The van der Waals surface area contributed by atoms with Crippen LogP contribution in [0.1, 0.15) is 28.7 Å². The van der Waals surface area contributed by atoms with Gasteiger partial charge in [-0.25, -0.2) is 4.68 Å². The van der Waals surface area contributed by atoms with E-state index in [1.54, 1.807) is 35.0 Å². The van der Waals surface area contributed by atoms with Crippen LogP contribution in [0.5, 0.6) is 5.75 Å². The second-order valence-corrected chi connectivity index (χ2v) is 7.65. The van der Waals surface area contributed by atoms with Crippen molar-refractivity contribution < 1.29 is 9.53 Å². The maximum Gasteiger partial charge on any atom is 0.274 e. The molecule has 0 aliphatic heterocycles. The number of carbonyl (C=O) groups excluding carboxylic acids is 1. The van der Waals surface area contributed by atoms with Crippen LogP contribution in [-0.4, -0.2) is 37.4 Å². The predicted molar refractivity (Wildman–Crippen MR) is 110 cm³/mol. The van der Waals surface area contributed by atoms with Crippen LogP contribution in [0, 0.1) is 6.92 Å². The lowest BCUT2D eigenvalue weighted by atomic mass is 10.2. The van der Waals surface area contributed by atoms with Gasteiger partial charge in [0.05, 0.1) is 21.7 Å². The zero-order valence-electron chi connectivity index (χ0n) is 15.9. The first kappa shape index (κ1) is 20.4. The molecule has 28 heavy (non-hydrogen) atoms. The summed E-state index contributed by atoms with van der Waals surface area (Å²) in [7, 11) is 1.72. The van der Waals surface area contributed by atoms with Crippen LogP contribution in [0.3, 0.4) is 0 Å². The number of benzene rings is 1. The van der Waals surface area contributed by atoms with Crippen LogP contribution < -0.4 is 4.74 Å². The molecular formula is C19H21BrClN5O2. The van der Waals surface area contributed by atoms with Crippen molar-refractivity contribution in [2.75, 3.05) is 7.05 Å². The van der Waals surface area contributed by atoms with Crippen LogP contribution in [-0.2, 0) is 19.8 Å². The van der Waals surface area contributed by atoms with Crippen LogP contribution >= 0.6 is 27.5 Å². The van der Waals surface area contributed by atoms with Crippen LogP contribution in [0.15, 0.2) is 41.1 Å². The summed E-state index contributed by atoms with van der Waals surface area (Å²) in [4.78, 5) is 14.2. The van der Waals surface area contributed by atoms with Gasteiger partial charge in [-0.2, -0.15) is 10.2 Å². The Bertz CT molecular complexity index is 985. The zero-order valence-corrected chi connectivity index (χ0v) is 18.2. The zero-order chi connectivity index (χ0) is 20.3. The number of amides is 1. The monoisotopic (exact) mass is 465 g/mol. The van der Waals surface area contributed by atoms with Gasteiger partial charge in [-0.3, -0.25) is 9.48 Å². The molecule has 7 nitrogen and oxygen atoms in total. The Kier molecular flexibility index (Phi) is 6.41. The molecular weight excluding hydrogens is 446 g/mol. The summed E-state index contributed by atoms with van der Waals surface area (Å²) in [5.41, 5.74) is 2.19. The van der Waals surface area contributed by atoms with Gasteiger partial charge >= 0.3 is 0 Å². The first-order chi connectivity index (χ1) is 13.4. The van der Waals surface area contributed by atoms with E-state index in [1.165, 1.54) is 0 Å². The number of nitrogens with zero attached hydrogens (tertiary/aromatic N) is 5. The number of aryl methyl sites for hydroxylation is 2. The molecule has 2 aromatic heterocycles. The molecule has 0 atom stereocenters. The Labute approximate surface area is 177 Å². The van der Waals surface area contributed by atoms with E-state index in [9.17, 15) is 4.79 Å². The fourth-order valence-corrected chi connectivity index (χ4v) is 3.22. The summed E-state index contributed by atoms with van der Waals surface area (Å²) < 4.78 is 9.96. The van der Waals surface area contributed by atoms with Gasteiger partial charge in [0.15, 0.2) is 12.4 Å². The molecule has 3 aromatic rings. The number of hydrogen-bond donors (Lipinski definition) is 0. The fourth-order valence-electron chi connectivity index (χ4n) is 2.60. The highest BCUT2D eigenvalue weighted by Gasteiger charge is 2.18. The lowest BCUT2D eigenvalue weighted by molar-refractivity contribution is 0.0775. The van der Waals surface area contributed by atoms with E-state index in [-0.39, 0.29) is 12.6 Å². The molecule has 0 fully saturated rings. The normalized spacial score (nSPS) is 10.9. The van der Waals surface area contributed by atoms with Crippen LogP contribution in [0.25, 0.3) is 0 Å². The standard InChI is InChI=1S/C19H21BrClN5O2/c1-4-25-10-14(20)17(23-25)11-24(3)19(27)16-7-8-26(22-16)12-28-18-9-13(2)5-6-15(18)21/h5-10H,4,11-12H2,1-3H3. The number of halogens is 2. The number of ether oxygens (including phenoxy) is 1. The highest BCUT2D eigenvalue weighted by molar-refractivity contribution is 9.10. The Morgan fingerprint density at radius 1 is 1.29 bits per heavy atom. The molecule has 9 heteroatoms. The Morgan fingerprint density at radius 2 is 2.07 bits per heavy atom. The van der Waals surface area contributed by atoms with Crippen molar-refractivity contribution in [3.05, 3.63) is 63.1 Å². The number of carbonyl (C=O) groups is 1. The molecule has 0 radical (unpaired) electrons. The summed E-state index contributed by atoms with van der Waals surface area (Å²) in [5, 5.41) is 9.28. The second kappa shape index (κ2) is 8.79. The van der Waals surface area contributed by atoms with Crippen molar-refractivity contribution in [2.45, 2.75) is 33.7 Å². The molecule has 2 heterocycles.